The SMILES string of the molecule is COc1ccc(S(=O)(=O)N2CC(=O)O[C@@H](CO)C2)cc1. The van der Waals surface area contributed by atoms with Crippen LogP contribution in [-0.2, 0) is 19.6 Å². The van der Waals surface area contributed by atoms with Crippen LogP contribution >= 0.6 is 0 Å². The van der Waals surface area contributed by atoms with E-state index in [4.69, 9.17) is 14.6 Å². The van der Waals surface area contributed by atoms with E-state index in [0.717, 1.165) is 4.31 Å². The van der Waals surface area contributed by atoms with Gasteiger partial charge in [0.15, 0.2) is 0 Å². The first-order chi connectivity index (χ1) is 9.47. The number of aliphatic hydroxyl groups excluding tert-OH is 1. The highest BCUT2D eigenvalue weighted by molar-refractivity contribution is 7.89. The molecule has 0 radical (unpaired) electrons. The average Bonchev–Trinajstić information content (AvgIpc) is 2.46. The number of aliphatic hydroxyl groups is 1. The third-order valence-electron chi connectivity index (χ3n) is 2.91. The van der Waals surface area contributed by atoms with Gasteiger partial charge in [0.05, 0.1) is 25.2 Å². The summed E-state index contributed by atoms with van der Waals surface area (Å²) in [5.74, 6) is -0.136. The molecule has 0 saturated carbocycles. The van der Waals surface area contributed by atoms with E-state index in [2.05, 4.69) is 0 Å². The number of rotatable bonds is 4. The van der Waals surface area contributed by atoms with E-state index in [1.165, 1.54) is 31.4 Å². The van der Waals surface area contributed by atoms with Gasteiger partial charge >= 0.3 is 5.97 Å². The smallest absolute Gasteiger partial charge is 0.321 e. The number of methoxy groups -OCH3 is 1. The molecule has 1 aliphatic heterocycles. The van der Waals surface area contributed by atoms with Crippen LogP contribution in [-0.4, -0.2) is 56.7 Å². The number of ether oxygens (including phenoxy) is 2. The first-order valence-electron chi connectivity index (χ1n) is 5.92. The monoisotopic (exact) mass is 301 g/mol. The van der Waals surface area contributed by atoms with E-state index in [1.54, 1.807) is 0 Å². The highest BCUT2D eigenvalue weighted by Gasteiger charge is 2.34. The Morgan fingerprint density at radius 1 is 1.40 bits per heavy atom. The molecule has 1 N–H and O–H groups in total. The summed E-state index contributed by atoms with van der Waals surface area (Å²) in [4.78, 5) is 11.4. The summed E-state index contributed by atoms with van der Waals surface area (Å²) in [6.45, 7) is -0.832. The average molecular weight is 301 g/mol. The summed E-state index contributed by atoms with van der Waals surface area (Å²) < 4.78 is 35.6. The molecular weight excluding hydrogens is 286 g/mol. The zero-order valence-corrected chi connectivity index (χ0v) is 11.7. The van der Waals surface area contributed by atoms with Crippen LogP contribution in [0.3, 0.4) is 0 Å². The molecule has 1 atom stereocenters. The Morgan fingerprint density at radius 3 is 2.60 bits per heavy atom. The van der Waals surface area contributed by atoms with Crippen molar-refractivity contribution >= 4 is 16.0 Å². The van der Waals surface area contributed by atoms with Crippen LogP contribution in [0.2, 0.25) is 0 Å². The van der Waals surface area contributed by atoms with Gasteiger partial charge in [-0.15, -0.1) is 0 Å². The minimum Gasteiger partial charge on any atom is -0.497 e. The van der Waals surface area contributed by atoms with Crippen LogP contribution in [0.1, 0.15) is 0 Å². The fraction of sp³-hybridized carbons (Fsp3) is 0.417. The summed E-state index contributed by atoms with van der Waals surface area (Å²) in [6, 6.07) is 5.86. The van der Waals surface area contributed by atoms with Gasteiger partial charge in [0.1, 0.15) is 18.4 Å². The summed E-state index contributed by atoms with van der Waals surface area (Å²) in [5, 5.41) is 9.02. The maximum Gasteiger partial charge on any atom is 0.321 e. The number of benzene rings is 1. The van der Waals surface area contributed by atoms with E-state index >= 15 is 0 Å². The van der Waals surface area contributed by atoms with Crippen LogP contribution in [0.4, 0.5) is 0 Å². The van der Waals surface area contributed by atoms with Crippen molar-refractivity contribution in [3.63, 3.8) is 0 Å². The molecule has 0 amide bonds. The molecule has 0 aromatic heterocycles. The van der Waals surface area contributed by atoms with Crippen molar-refractivity contribution in [2.24, 2.45) is 0 Å². The minimum atomic E-state index is -3.80. The first kappa shape index (κ1) is 14.8. The molecule has 1 aromatic rings. The largest absolute Gasteiger partial charge is 0.497 e. The molecule has 7 nitrogen and oxygen atoms in total. The second-order valence-electron chi connectivity index (χ2n) is 4.27. The number of nitrogens with zero attached hydrogens (tertiary/aromatic N) is 1. The molecule has 0 bridgehead atoms. The maximum atomic E-state index is 12.4. The van der Waals surface area contributed by atoms with Gasteiger partial charge in [-0.05, 0) is 24.3 Å². The van der Waals surface area contributed by atoms with Gasteiger partial charge in [0.2, 0.25) is 10.0 Å². The normalized spacial score (nSPS) is 20.5. The van der Waals surface area contributed by atoms with Crippen LogP contribution in [0.5, 0.6) is 5.75 Å². The van der Waals surface area contributed by atoms with Gasteiger partial charge in [-0.25, -0.2) is 8.42 Å². The molecule has 1 aliphatic rings. The number of carbonyl (C=O) groups is 1. The summed E-state index contributed by atoms with van der Waals surface area (Å²) in [6.07, 6.45) is -0.829. The molecule has 1 fully saturated rings. The Balaban J connectivity index is 2.26. The highest BCUT2D eigenvalue weighted by Crippen LogP contribution is 2.21. The van der Waals surface area contributed by atoms with Crippen molar-refractivity contribution in [2.45, 2.75) is 11.0 Å². The lowest BCUT2D eigenvalue weighted by Crippen LogP contribution is -2.49. The second-order valence-corrected chi connectivity index (χ2v) is 6.21. The molecule has 20 heavy (non-hydrogen) atoms. The standard InChI is InChI=1S/C12H15NO6S/c1-18-9-2-4-11(5-3-9)20(16,17)13-6-10(8-14)19-12(15)7-13/h2-5,10,14H,6-8H2,1H3/t10-/m1/s1. The van der Waals surface area contributed by atoms with Gasteiger partial charge in [-0.2, -0.15) is 4.31 Å². The third-order valence-corrected chi connectivity index (χ3v) is 4.74. The maximum absolute atomic E-state index is 12.4. The zero-order chi connectivity index (χ0) is 14.8. The van der Waals surface area contributed by atoms with Gasteiger partial charge < -0.3 is 14.6 Å². The number of hydrogen-bond acceptors (Lipinski definition) is 6. The van der Waals surface area contributed by atoms with Crippen molar-refractivity contribution in [3.8, 4) is 5.75 Å². The van der Waals surface area contributed by atoms with Crippen LogP contribution < -0.4 is 4.74 Å². The fourth-order valence-corrected chi connectivity index (χ4v) is 3.29. The molecule has 8 heteroatoms. The van der Waals surface area contributed by atoms with Crippen molar-refractivity contribution in [1.82, 2.24) is 4.31 Å². The summed E-state index contributed by atoms with van der Waals surface area (Å²) in [7, 11) is -2.31. The molecular formula is C12H15NO6S. The van der Waals surface area contributed by atoms with Crippen LogP contribution in [0.25, 0.3) is 0 Å². The van der Waals surface area contributed by atoms with Crippen LogP contribution in [0, 0.1) is 0 Å². The van der Waals surface area contributed by atoms with E-state index in [0.29, 0.717) is 5.75 Å². The van der Waals surface area contributed by atoms with Crippen molar-refractivity contribution < 1.29 is 27.8 Å². The van der Waals surface area contributed by atoms with Crippen molar-refractivity contribution in [1.29, 1.82) is 0 Å². The fourth-order valence-electron chi connectivity index (χ4n) is 1.87. The number of morpholine rings is 1. The van der Waals surface area contributed by atoms with Gasteiger partial charge in [0.25, 0.3) is 0 Å². The minimum absolute atomic E-state index is 0.0589. The van der Waals surface area contributed by atoms with Crippen molar-refractivity contribution in [3.05, 3.63) is 24.3 Å². The van der Waals surface area contributed by atoms with E-state index < -0.39 is 28.7 Å². The summed E-state index contributed by atoms with van der Waals surface area (Å²) in [5.41, 5.74) is 0. The lowest BCUT2D eigenvalue weighted by molar-refractivity contribution is -0.157. The Bertz CT molecular complexity index is 582. The lowest BCUT2D eigenvalue weighted by atomic mass is 10.3. The molecule has 1 aromatic carbocycles. The molecule has 2 rings (SSSR count). The molecule has 0 spiro atoms. The van der Waals surface area contributed by atoms with Gasteiger partial charge in [-0.1, -0.05) is 0 Å². The van der Waals surface area contributed by atoms with E-state index in [9.17, 15) is 13.2 Å². The number of sulfonamides is 1. The molecule has 0 aliphatic carbocycles. The Kier molecular flexibility index (Phi) is 4.26. The van der Waals surface area contributed by atoms with Crippen molar-refractivity contribution in [2.75, 3.05) is 26.8 Å². The first-order valence-corrected chi connectivity index (χ1v) is 7.36. The Hall–Kier alpha value is -1.64. The number of carbonyl (C=O) groups excluding carboxylic acids is 1. The number of hydrogen-bond donors (Lipinski definition) is 1. The molecule has 0 unspecified atom stereocenters. The van der Waals surface area contributed by atoms with Crippen LogP contribution in [0.15, 0.2) is 29.2 Å². The zero-order valence-electron chi connectivity index (χ0n) is 10.9. The molecule has 1 heterocycles. The van der Waals surface area contributed by atoms with Gasteiger partial charge in [-0.3, -0.25) is 4.79 Å². The summed E-state index contributed by atoms with van der Waals surface area (Å²) >= 11 is 0. The predicted octanol–water partition coefficient (Wildman–Crippen LogP) is -0.396. The Morgan fingerprint density at radius 2 is 2.05 bits per heavy atom. The van der Waals surface area contributed by atoms with E-state index in [-0.39, 0.29) is 18.0 Å². The Labute approximate surface area is 116 Å². The quantitative estimate of drug-likeness (QED) is 0.761. The van der Waals surface area contributed by atoms with E-state index in [1.807, 2.05) is 0 Å². The third kappa shape index (κ3) is 2.92. The molecule has 110 valence electrons. The lowest BCUT2D eigenvalue weighted by Gasteiger charge is -2.30. The highest BCUT2D eigenvalue weighted by atomic mass is 32.2. The predicted molar refractivity (Wildman–Crippen MR) is 68.7 cm³/mol. The molecule has 1 saturated heterocycles. The second kappa shape index (κ2) is 5.78. The van der Waals surface area contributed by atoms with Gasteiger partial charge in [0, 0.05) is 0 Å². The number of cyclic esters (lactones) is 1. The number of esters is 1. The topological polar surface area (TPSA) is 93.1 Å².